The fourth-order valence-corrected chi connectivity index (χ4v) is 2.89. The first-order valence-corrected chi connectivity index (χ1v) is 7.07. The van der Waals surface area contributed by atoms with Crippen molar-refractivity contribution in [3.8, 4) is 0 Å². The minimum Gasteiger partial charge on any atom is -0.394 e. The van der Waals surface area contributed by atoms with Crippen LogP contribution < -0.4 is 11.5 Å². The van der Waals surface area contributed by atoms with E-state index in [9.17, 15) is 10.2 Å². The van der Waals surface area contributed by atoms with E-state index in [-0.39, 0.29) is 18.4 Å². The van der Waals surface area contributed by atoms with E-state index in [0.29, 0.717) is 28.5 Å². The van der Waals surface area contributed by atoms with E-state index >= 15 is 0 Å². The number of rotatable bonds is 2. The van der Waals surface area contributed by atoms with E-state index in [0.717, 1.165) is 0 Å². The van der Waals surface area contributed by atoms with E-state index in [1.165, 1.54) is 0 Å². The number of nitrogens with zero attached hydrogens (tertiary/aromatic N) is 5. The molecule has 23 heavy (non-hydrogen) atoms. The van der Waals surface area contributed by atoms with E-state index in [1.54, 1.807) is 17.1 Å². The van der Waals surface area contributed by atoms with Crippen molar-refractivity contribution in [3.63, 3.8) is 0 Å². The largest absolute Gasteiger partial charge is 0.394 e. The summed E-state index contributed by atoms with van der Waals surface area (Å²) in [5.74, 6) is 0.323. The molecule has 1 aliphatic heterocycles. The average molecular weight is 317 g/mol. The summed E-state index contributed by atoms with van der Waals surface area (Å²) in [4.78, 5) is 16.5. The number of hydrogen-bond donors (Lipinski definition) is 4. The summed E-state index contributed by atoms with van der Waals surface area (Å²) in [5.41, 5.74) is 13.1. The van der Waals surface area contributed by atoms with Crippen molar-refractivity contribution in [2.24, 2.45) is 0 Å². The van der Waals surface area contributed by atoms with Gasteiger partial charge in [-0.3, -0.25) is 0 Å². The first-order chi connectivity index (χ1) is 11.1. The predicted octanol–water partition coefficient (Wildman–Crippen LogP) is -0.820. The number of hydrogen-bond acceptors (Lipinski definition) is 9. The van der Waals surface area contributed by atoms with Gasteiger partial charge in [-0.25, -0.2) is 15.0 Å². The topological polar surface area (TPSA) is 158 Å². The Morgan fingerprint density at radius 1 is 1.30 bits per heavy atom. The number of aliphatic hydroxyl groups is 2. The van der Waals surface area contributed by atoms with Gasteiger partial charge in [-0.1, -0.05) is 0 Å². The molecule has 0 radical (unpaired) electrons. The summed E-state index contributed by atoms with van der Waals surface area (Å²) in [7, 11) is 0. The van der Waals surface area contributed by atoms with Gasteiger partial charge in [-0.15, -0.1) is 0 Å². The molecule has 3 aromatic rings. The Labute approximate surface area is 129 Å². The van der Waals surface area contributed by atoms with Crippen molar-refractivity contribution >= 4 is 33.8 Å². The van der Waals surface area contributed by atoms with Gasteiger partial charge in [-0.2, -0.15) is 4.98 Å². The molecular weight excluding hydrogens is 302 g/mol. The summed E-state index contributed by atoms with van der Waals surface area (Å²) in [6, 6.07) is 0. The molecule has 3 atom stereocenters. The third kappa shape index (κ3) is 2.07. The van der Waals surface area contributed by atoms with Gasteiger partial charge in [-0.05, 0) is 0 Å². The molecule has 0 amide bonds. The zero-order valence-corrected chi connectivity index (χ0v) is 12.0. The van der Waals surface area contributed by atoms with Crippen LogP contribution in [-0.2, 0) is 4.74 Å². The number of pyridine rings is 1. The van der Waals surface area contributed by atoms with Crippen LogP contribution in [-0.4, -0.2) is 53.5 Å². The molecule has 3 aromatic heterocycles. The average Bonchev–Trinajstić information content (AvgIpc) is 3.11. The summed E-state index contributed by atoms with van der Waals surface area (Å²) in [6.07, 6.45) is 1.59. The molecule has 120 valence electrons. The Hall–Kier alpha value is -2.56. The fourth-order valence-electron chi connectivity index (χ4n) is 2.89. The Morgan fingerprint density at radius 2 is 2.13 bits per heavy atom. The maximum absolute atomic E-state index is 9.94. The highest BCUT2D eigenvalue weighted by atomic mass is 16.5. The van der Waals surface area contributed by atoms with Gasteiger partial charge in [0.1, 0.15) is 17.8 Å². The zero-order valence-electron chi connectivity index (χ0n) is 12.0. The van der Waals surface area contributed by atoms with Crippen LogP contribution in [0.25, 0.3) is 22.1 Å². The molecule has 4 heterocycles. The van der Waals surface area contributed by atoms with Crippen LogP contribution in [0, 0.1) is 0 Å². The van der Waals surface area contributed by atoms with Gasteiger partial charge in [0.05, 0.1) is 29.9 Å². The lowest BCUT2D eigenvalue weighted by Gasteiger charge is -2.15. The van der Waals surface area contributed by atoms with Crippen LogP contribution in [0.1, 0.15) is 12.6 Å². The quantitative estimate of drug-likeness (QED) is 0.473. The highest BCUT2D eigenvalue weighted by Gasteiger charge is 2.35. The molecule has 0 aromatic carbocycles. The SMILES string of the molecule is Nc1ncc2c(n1)nc(N)c1ncn([C@H]3C[C@H](O)[C@@H](CO)O3)c12. The minimum atomic E-state index is -0.750. The van der Waals surface area contributed by atoms with Crippen molar-refractivity contribution < 1.29 is 14.9 Å². The highest BCUT2D eigenvalue weighted by Crippen LogP contribution is 2.34. The maximum atomic E-state index is 9.94. The molecule has 0 unspecified atom stereocenters. The molecule has 0 spiro atoms. The molecule has 1 fully saturated rings. The first-order valence-electron chi connectivity index (χ1n) is 7.07. The van der Waals surface area contributed by atoms with Crippen LogP contribution in [0.15, 0.2) is 12.5 Å². The van der Waals surface area contributed by atoms with Gasteiger partial charge >= 0.3 is 0 Å². The Balaban J connectivity index is 1.93. The Bertz CT molecular complexity index is 896. The van der Waals surface area contributed by atoms with Crippen molar-refractivity contribution in [3.05, 3.63) is 12.5 Å². The molecule has 0 aliphatic carbocycles. The standard InChI is InChI=1S/C13H15N7O3/c14-11-9-10(5-2-16-13(15)19-12(5)18-11)20(4-17-9)8-1-6(22)7(3-21)23-8/h2,4,6-8,21-22H,1,3H2,(H4,14,15,16,18,19)/t6-,7+,8+/m0/s1. The number of anilines is 2. The van der Waals surface area contributed by atoms with Crippen LogP contribution >= 0.6 is 0 Å². The van der Waals surface area contributed by atoms with Gasteiger partial charge < -0.3 is 31.0 Å². The van der Waals surface area contributed by atoms with Crippen molar-refractivity contribution in [2.45, 2.75) is 24.9 Å². The second-order valence-electron chi connectivity index (χ2n) is 5.43. The Kier molecular flexibility index (Phi) is 3.04. The van der Waals surface area contributed by atoms with Crippen molar-refractivity contribution in [2.75, 3.05) is 18.1 Å². The number of aliphatic hydroxyl groups excluding tert-OH is 2. The van der Waals surface area contributed by atoms with Crippen LogP contribution in [0.2, 0.25) is 0 Å². The van der Waals surface area contributed by atoms with Crippen LogP contribution in [0.5, 0.6) is 0 Å². The summed E-state index contributed by atoms with van der Waals surface area (Å²) in [6.45, 7) is -0.256. The fraction of sp³-hybridized carbons (Fsp3) is 0.385. The highest BCUT2D eigenvalue weighted by molar-refractivity contribution is 6.05. The molecule has 6 N–H and O–H groups in total. The number of nitrogen functional groups attached to an aromatic ring is 2. The van der Waals surface area contributed by atoms with E-state index in [2.05, 4.69) is 19.9 Å². The molecule has 1 aliphatic rings. The number of nitrogens with two attached hydrogens (primary N) is 2. The number of aromatic nitrogens is 5. The lowest BCUT2D eigenvalue weighted by atomic mass is 10.2. The monoisotopic (exact) mass is 317 g/mol. The molecular formula is C13H15N7O3. The van der Waals surface area contributed by atoms with E-state index in [4.69, 9.17) is 16.2 Å². The van der Waals surface area contributed by atoms with E-state index in [1.807, 2.05) is 0 Å². The summed E-state index contributed by atoms with van der Waals surface area (Å²) in [5, 5.41) is 19.8. The lowest BCUT2D eigenvalue weighted by molar-refractivity contribution is -0.0430. The first kappa shape index (κ1) is 14.1. The van der Waals surface area contributed by atoms with Gasteiger partial charge in [0.15, 0.2) is 11.5 Å². The predicted molar refractivity (Wildman–Crippen MR) is 81.1 cm³/mol. The van der Waals surface area contributed by atoms with Crippen LogP contribution in [0.4, 0.5) is 11.8 Å². The van der Waals surface area contributed by atoms with Gasteiger partial charge in [0.25, 0.3) is 0 Å². The van der Waals surface area contributed by atoms with E-state index < -0.39 is 18.4 Å². The van der Waals surface area contributed by atoms with Crippen LogP contribution in [0.3, 0.4) is 0 Å². The number of imidazole rings is 1. The molecule has 1 saturated heterocycles. The second kappa shape index (κ2) is 4.98. The van der Waals surface area contributed by atoms with Crippen molar-refractivity contribution in [1.29, 1.82) is 0 Å². The second-order valence-corrected chi connectivity index (χ2v) is 5.43. The smallest absolute Gasteiger partial charge is 0.222 e. The molecule has 10 nitrogen and oxygen atoms in total. The zero-order chi connectivity index (χ0) is 16.1. The lowest BCUT2D eigenvalue weighted by Crippen LogP contribution is -2.24. The number of fused-ring (bicyclic) bond motifs is 3. The molecule has 0 saturated carbocycles. The Morgan fingerprint density at radius 3 is 2.87 bits per heavy atom. The van der Waals surface area contributed by atoms with Crippen molar-refractivity contribution in [1.82, 2.24) is 24.5 Å². The van der Waals surface area contributed by atoms with Gasteiger partial charge in [0.2, 0.25) is 5.95 Å². The summed E-state index contributed by atoms with van der Waals surface area (Å²) >= 11 is 0. The number of ether oxygens (including phenoxy) is 1. The molecule has 10 heteroatoms. The maximum Gasteiger partial charge on any atom is 0.222 e. The summed E-state index contributed by atoms with van der Waals surface area (Å²) < 4.78 is 7.43. The minimum absolute atomic E-state index is 0.0997. The van der Waals surface area contributed by atoms with Gasteiger partial charge in [0, 0.05) is 12.6 Å². The normalized spacial score (nSPS) is 24.7. The third-order valence-electron chi connectivity index (χ3n) is 4.00. The third-order valence-corrected chi connectivity index (χ3v) is 4.00. The molecule has 4 rings (SSSR count). The molecule has 0 bridgehead atoms.